The zero-order valence-electron chi connectivity index (χ0n) is 9.73. The second-order valence-corrected chi connectivity index (χ2v) is 5.16. The van der Waals surface area contributed by atoms with Gasteiger partial charge in [0, 0.05) is 17.1 Å². The van der Waals surface area contributed by atoms with Gasteiger partial charge in [0.15, 0.2) is 5.15 Å². The summed E-state index contributed by atoms with van der Waals surface area (Å²) in [6.07, 6.45) is -0.715. The van der Waals surface area contributed by atoms with Gasteiger partial charge in [-0.1, -0.05) is 39.7 Å². The lowest BCUT2D eigenvalue weighted by molar-refractivity contribution is 0.191. The molecule has 0 saturated carbocycles. The summed E-state index contributed by atoms with van der Waals surface area (Å²) in [4.78, 5) is 11.1. The van der Waals surface area contributed by atoms with Crippen molar-refractivity contribution in [3.63, 3.8) is 0 Å². The number of aromatic nitrogens is 2. The van der Waals surface area contributed by atoms with Crippen LogP contribution in [0.25, 0.3) is 0 Å². The minimum atomic E-state index is -0.715. The molecule has 2 rings (SSSR count). The standard InChI is InChI=1S/C12H11BrClN3O2/c13-8-3-1-2-7(4-8)10(18)6-15-9-5-11(19)16-17-12(9)14/h1-5,10,18H,6H2,(H2,15,16,19)/t10-/m1/s1. The zero-order valence-corrected chi connectivity index (χ0v) is 12.1. The monoisotopic (exact) mass is 343 g/mol. The molecule has 2 aromatic rings. The van der Waals surface area contributed by atoms with Crippen molar-refractivity contribution < 1.29 is 5.11 Å². The number of aromatic amines is 1. The molecule has 0 fully saturated rings. The average molecular weight is 345 g/mol. The number of nitrogens with zero attached hydrogens (tertiary/aromatic N) is 1. The molecule has 1 aromatic carbocycles. The normalized spacial score (nSPS) is 12.2. The quantitative estimate of drug-likeness (QED) is 0.795. The number of nitrogens with one attached hydrogen (secondary N) is 2. The van der Waals surface area contributed by atoms with Crippen LogP contribution in [0.4, 0.5) is 5.69 Å². The van der Waals surface area contributed by atoms with Crippen LogP contribution in [0.3, 0.4) is 0 Å². The smallest absolute Gasteiger partial charge is 0.266 e. The molecule has 3 N–H and O–H groups in total. The Kier molecular flexibility index (Phi) is 4.57. The summed E-state index contributed by atoms with van der Waals surface area (Å²) >= 11 is 9.16. The first-order valence-electron chi connectivity index (χ1n) is 5.49. The molecule has 0 radical (unpaired) electrons. The van der Waals surface area contributed by atoms with Gasteiger partial charge in [0.25, 0.3) is 5.56 Å². The summed E-state index contributed by atoms with van der Waals surface area (Å²) in [5.41, 5.74) is 0.791. The number of aliphatic hydroxyl groups excluding tert-OH is 1. The highest BCUT2D eigenvalue weighted by atomic mass is 79.9. The van der Waals surface area contributed by atoms with Crippen LogP contribution in [0.2, 0.25) is 5.15 Å². The molecule has 1 heterocycles. The van der Waals surface area contributed by atoms with Crippen molar-refractivity contribution in [3.8, 4) is 0 Å². The van der Waals surface area contributed by atoms with Crippen LogP contribution in [0, 0.1) is 0 Å². The van der Waals surface area contributed by atoms with E-state index in [1.807, 2.05) is 24.3 Å². The number of hydrogen-bond donors (Lipinski definition) is 3. The second kappa shape index (κ2) is 6.18. The van der Waals surface area contributed by atoms with Crippen LogP contribution in [-0.4, -0.2) is 21.8 Å². The van der Waals surface area contributed by atoms with Gasteiger partial charge >= 0.3 is 0 Å². The molecule has 100 valence electrons. The molecule has 19 heavy (non-hydrogen) atoms. The van der Waals surface area contributed by atoms with Crippen molar-refractivity contribution in [1.82, 2.24) is 10.2 Å². The molecule has 0 aliphatic rings. The fraction of sp³-hybridized carbons (Fsp3) is 0.167. The van der Waals surface area contributed by atoms with E-state index in [4.69, 9.17) is 11.6 Å². The van der Waals surface area contributed by atoms with Crippen molar-refractivity contribution in [2.45, 2.75) is 6.10 Å². The lowest BCUT2D eigenvalue weighted by Crippen LogP contribution is -2.15. The van der Waals surface area contributed by atoms with E-state index in [0.29, 0.717) is 5.69 Å². The van der Waals surface area contributed by atoms with Crippen LogP contribution in [0.5, 0.6) is 0 Å². The number of hydrogen-bond acceptors (Lipinski definition) is 4. The maximum absolute atomic E-state index is 11.1. The Morgan fingerprint density at radius 1 is 1.47 bits per heavy atom. The lowest BCUT2D eigenvalue weighted by atomic mass is 10.1. The van der Waals surface area contributed by atoms with Crippen LogP contribution in [-0.2, 0) is 0 Å². The number of aliphatic hydroxyl groups is 1. The number of H-pyrrole nitrogens is 1. The average Bonchev–Trinajstić information content (AvgIpc) is 2.39. The minimum Gasteiger partial charge on any atom is -0.387 e. The molecule has 0 aliphatic heterocycles. The largest absolute Gasteiger partial charge is 0.387 e. The van der Waals surface area contributed by atoms with E-state index in [0.717, 1.165) is 10.0 Å². The van der Waals surface area contributed by atoms with Crippen LogP contribution < -0.4 is 10.9 Å². The van der Waals surface area contributed by atoms with Gasteiger partial charge in [0.05, 0.1) is 11.8 Å². The van der Waals surface area contributed by atoms with Crippen molar-refractivity contribution >= 4 is 33.2 Å². The predicted octanol–water partition coefficient (Wildman–Crippen LogP) is 2.33. The predicted molar refractivity (Wildman–Crippen MR) is 77.5 cm³/mol. The fourth-order valence-corrected chi connectivity index (χ4v) is 2.13. The van der Waals surface area contributed by atoms with Gasteiger partial charge in [-0.2, -0.15) is 5.10 Å². The van der Waals surface area contributed by atoms with Crippen LogP contribution >= 0.6 is 27.5 Å². The fourth-order valence-electron chi connectivity index (χ4n) is 1.55. The molecule has 1 aromatic heterocycles. The molecular formula is C12H11BrClN3O2. The van der Waals surface area contributed by atoms with Crippen molar-refractivity contribution in [3.05, 3.63) is 55.9 Å². The first-order chi connectivity index (χ1) is 9.06. The highest BCUT2D eigenvalue weighted by Crippen LogP contribution is 2.20. The summed E-state index contributed by atoms with van der Waals surface area (Å²) in [5, 5.41) is 18.9. The van der Waals surface area contributed by atoms with Crippen molar-refractivity contribution in [2.75, 3.05) is 11.9 Å². The first kappa shape index (κ1) is 14.0. The molecule has 0 unspecified atom stereocenters. The van der Waals surface area contributed by atoms with E-state index in [1.165, 1.54) is 6.07 Å². The van der Waals surface area contributed by atoms with Gasteiger partial charge in [-0.25, -0.2) is 5.10 Å². The maximum atomic E-state index is 11.1. The van der Waals surface area contributed by atoms with Crippen molar-refractivity contribution in [1.29, 1.82) is 0 Å². The molecule has 7 heteroatoms. The maximum Gasteiger partial charge on any atom is 0.266 e. The van der Waals surface area contributed by atoms with Gasteiger partial charge in [0.2, 0.25) is 0 Å². The lowest BCUT2D eigenvalue weighted by Gasteiger charge is -2.13. The summed E-state index contributed by atoms with van der Waals surface area (Å²) in [5.74, 6) is 0. The van der Waals surface area contributed by atoms with Gasteiger partial charge in [0.1, 0.15) is 0 Å². The Labute approximate surface area is 122 Å². The molecule has 0 bridgehead atoms. The Hall–Kier alpha value is -1.37. The molecule has 5 nitrogen and oxygen atoms in total. The second-order valence-electron chi connectivity index (χ2n) is 3.89. The SMILES string of the molecule is O=c1cc(NC[C@@H](O)c2cccc(Br)c2)c(Cl)n[nH]1. The van der Waals surface area contributed by atoms with E-state index in [2.05, 4.69) is 31.4 Å². The Bertz CT molecular complexity index is 632. The van der Waals surface area contributed by atoms with E-state index < -0.39 is 6.10 Å². The summed E-state index contributed by atoms with van der Waals surface area (Å²) in [7, 11) is 0. The third kappa shape index (κ3) is 3.79. The Morgan fingerprint density at radius 3 is 3.00 bits per heavy atom. The number of halogens is 2. The van der Waals surface area contributed by atoms with Crippen LogP contribution in [0.15, 0.2) is 39.6 Å². The summed E-state index contributed by atoms with van der Waals surface area (Å²) < 4.78 is 0.889. The summed E-state index contributed by atoms with van der Waals surface area (Å²) in [6.45, 7) is 0.224. The Morgan fingerprint density at radius 2 is 2.26 bits per heavy atom. The molecule has 0 aliphatic carbocycles. The highest BCUT2D eigenvalue weighted by Gasteiger charge is 2.09. The zero-order chi connectivity index (χ0) is 13.8. The Balaban J connectivity index is 2.06. The van der Waals surface area contributed by atoms with Gasteiger partial charge < -0.3 is 10.4 Å². The molecular weight excluding hydrogens is 334 g/mol. The number of anilines is 1. The van der Waals surface area contributed by atoms with Gasteiger partial charge in [-0.05, 0) is 17.7 Å². The number of rotatable bonds is 4. The highest BCUT2D eigenvalue weighted by molar-refractivity contribution is 9.10. The van der Waals surface area contributed by atoms with Gasteiger partial charge in [-0.3, -0.25) is 4.79 Å². The topological polar surface area (TPSA) is 78.0 Å². The van der Waals surface area contributed by atoms with E-state index in [-0.39, 0.29) is 17.3 Å². The molecule has 1 atom stereocenters. The minimum absolute atomic E-state index is 0.154. The molecule has 0 spiro atoms. The first-order valence-corrected chi connectivity index (χ1v) is 6.66. The summed E-state index contributed by atoms with van der Waals surface area (Å²) in [6, 6.07) is 8.65. The molecule has 0 saturated heterocycles. The van der Waals surface area contributed by atoms with Crippen molar-refractivity contribution in [2.24, 2.45) is 0 Å². The number of benzene rings is 1. The van der Waals surface area contributed by atoms with Gasteiger partial charge in [-0.15, -0.1) is 0 Å². The van der Waals surface area contributed by atoms with E-state index in [9.17, 15) is 9.90 Å². The van der Waals surface area contributed by atoms with E-state index in [1.54, 1.807) is 0 Å². The van der Waals surface area contributed by atoms with E-state index >= 15 is 0 Å². The van der Waals surface area contributed by atoms with Crippen LogP contribution in [0.1, 0.15) is 11.7 Å². The third-order valence-electron chi connectivity index (χ3n) is 2.48. The third-order valence-corrected chi connectivity index (χ3v) is 3.26. The molecule has 0 amide bonds.